The summed E-state index contributed by atoms with van der Waals surface area (Å²) in [5, 5.41) is 8.48. The van der Waals surface area contributed by atoms with Gasteiger partial charge in [-0.15, -0.1) is 0 Å². The molecule has 0 bridgehead atoms. The van der Waals surface area contributed by atoms with Gasteiger partial charge >= 0.3 is 0 Å². The van der Waals surface area contributed by atoms with Crippen LogP contribution in [0.2, 0.25) is 0 Å². The molecule has 3 heteroatoms. The second-order valence-electron chi connectivity index (χ2n) is 3.94. The Morgan fingerprint density at radius 1 is 1.27 bits per heavy atom. The maximum absolute atomic E-state index is 8.48. The molecule has 1 radical (unpaired) electrons. The molecular weight excluding hydrogens is 183 g/mol. The summed E-state index contributed by atoms with van der Waals surface area (Å²) < 4.78 is 0. The van der Waals surface area contributed by atoms with Crippen LogP contribution < -0.4 is 5.46 Å². The van der Waals surface area contributed by atoms with Crippen molar-refractivity contribution >= 4 is 12.9 Å². The van der Waals surface area contributed by atoms with Crippen LogP contribution in [0, 0.1) is 25.2 Å². The Hall–Kier alpha value is -1.27. The topological polar surface area (TPSA) is 27.0 Å². The Kier molecular flexibility index (Phi) is 4.39. The minimum Gasteiger partial charge on any atom is -0.344 e. The van der Waals surface area contributed by atoms with Crippen molar-refractivity contribution < 1.29 is 0 Å². The third-order valence-electron chi connectivity index (χ3n) is 2.19. The lowest BCUT2D eigenvalue weighted by Crippen LogP contribution is -2.33. The predicted octanol–water partition coefficient (Wildman–Crippen LogP) is 1.39. The van der Waals surface area contributed by atoms with Crippen molar-refractivity contribution in [1.29, 1.82) is 5.26 Å². The lowest BCUT2D eigenvalue weighted by molar-refractivity contribution is 0.551. The standard InChI is InChI=1S/C12H16BN2/c1-10-7-11(2)9-12(8-10)13-15(3)6-4-5-14/h7-9H,4,6H2,1-3H3. The highest BCUT2D eigenvalue weighted by Gasteiger charge is 2.03. The van der Waals surface area contributed by atoms with Crippen LogP contribution in [0.1, 0.15) is 17.5 Å². The molecule has 0 unspecified atom stereocenters. The molecule has 0 aliphatic rings. The summed E-state index contributed by atoms with van der Waals surface area (Å²) in [7, 11) is 4.08. The average molecular weight is 199 g/mol. The fourth-order valence-electron chi connectivity index (χ4n) is 1.63. The first kappa shape index (κ1) is 11.8. The van der Waals surface area contributed by atoms with Crippen LogP contribution in [-0.2, 0) is 0 Å². The van der Waals surface area contributed by atoms with Gasteiger partial charge in [0.15, 0.2) is 0 Å². The Bertz CT molecular complexity index is 348. The van der Waals surface area contributed by atoms with Gasteiger partial charge < -0.3 is 4.81 Å². The maximum atomic E-state index is 8.48. The summed E-state index contributed by atoms with van der Waals surface area (Å²) in [6.07, 6.45) is 0.567. The van der Waals surface area contributed by atoms with E-state index in [-0.39, 0.29) is 0 Å². The van der Waals surface area contributed by atoms with E-state index in [1.54, 1.807) is 0 Å². The molecule has 0 saturated heterocycles. The third kappa shape index (κ3) is 4.18. The van der Waals surface area contributed by atoms with E-state index in [0.29, 0.717) is 6.42 Å². The first-order chi connectivity index (χ1) is 7.11. The SMILES string of the molecule is Cc1cc(C)cc([B]N(C)CCC#N)c1. The number of hydrogen-bond acceptors (Lipinski definition) is 2. The normalized spacial score (nSPS) is 10.1. The van der Waals surface area contributed by atoms with Gasteiger partial charge in [-0.05, 0) is 20.9 Å². The van der Waals surface area contributed by atoms with Crippen molar-refractivity contribution in [1.82, 2.24) is 4.81 Å². The van der Waals surface area contributed by atoms with Crippen LogP contribution in [0.4, 0.5) is 0 Å². The zero-order valence-electron chi connectivity index (χ0n) is 9.62. The zero-order chi connectivity index (χ0) is 11.3. The van der Waals surface area contributed by atoms with E-state index in [4.69, 9.17) is 5.26 Å². The van der Waals surface area contributed by atoms with Gasteiger partial charge in [0.25, 0.3) is 0 Å². The van der Waals surface area contributed by atoms with Gasteiger partial charge in [-0.25, -0.2) is 0 Å². The van der Waals surface area contributed by atoms with Crippen molar-refractivity contribution in [3.63, 3.8) is 0 Å². The molecule has 0 aliphatic carbocycles. The Morgan fingerprint density at radius 2 is 1.87 bits per heavy atom. The van der Waals surface area contributed by atoms with Crippen LogP contribution in [0.5, 0.6) is 0 Å². The molecule has 2 nitrogen and oxygen atoms in total. The summed E-state index contributed by atoms with van der Waals surface area (Å²) >= 11 is 0. The molecule has 0 fully saturated rings. The van der Waals surface area contributed by atoms with Gasteiger partial charge in [0.2, 0.25) is 7.41 Å². The summed E-state index contributed by atoms with van der Waals surface area (Å²) in [6.45, 7) is 4.97. The number of nitrogens with zero attached hydrogens (tertiary/aromatic N) is 2. The number of aryl methyl sites for hydroxylation is 2. The van der Waals surface area contributed by atoms with E-state index < -0.39 is 0 Å². The second-order valence-corrected chi connectivity index (χ2v) is 3.94. The van der Waals surface area contributed by atoms with E-state index in [2.05, 4.69) is 50.3 Å². The Balaban J connectivity index is 2.60. The zero-order valence-corrected chi connectivity index (χ0v) is 9.62. The monoisotopic (exact) mass is 199 g/mol. The van der Waals surface area contributed by atoms with Crippen LogP contribution in [0.25, 0.3) is 0 Å². The summed E-state index contributed by atoms with van der Waals surface area (Å²) in [5.41, 5.74) is 3.75. The fourth-order valence-corrected chi connectivity index (χ4v) is 1.63. The van der Waals surface area contributed by atoms with E-state index in [9.17, 15) is 0 Å². The van der Waals surface area contributed by atoms with Crippen molar-refractivity contribution in [2.75, 3.05) is 13.6 Å². The molecule has 0 heterocycles. The Morgan fingerprint density at radius 3 is 2.40 bits per heavy atom. The molecule has 0 spiro atoms. The van der Waals surface area contributed by atoms with Gasteiger partial charge in [-0.3, -0.25) is 0 Å². The van der Waals surface area contributed by atoms with Crippen molar-refractivity contribution in [3.05, 3.63) is 29.3 Å². The van der Waals surface area contributed by atoms with E-state index >= 15 is 0 Å². The lowest BCUT2D eigenvalue weighted by atomic mass is 9.79. The highest BCUT2D eigenvalue weighted by atomic mass is 15.0. The molecule has 0 N–H and O–H groups in total. The lowest BCUT2D eigenvalue weighted by Gasteiger charge is -2.14. The highest BCUT2D eigenvalue weighted by Crippen LogP contribution is 2.00. The molecule has 0 aliphatic heterocycles. The van der Waals surface area contributed by atoms with Crippen molar-refractivity contribution in [2.24, 2.45) is 0 Å². The molecule has 1 aromatic carbocycles. The van der Waals surface area contributed by atoms with Gasteiger partial charge in [-0.1, -0.05) is 34.8 Å². The first-order valence-corrected chi connectivity index (χ1v) is 5.12. The smallest absolute Gasteiger partial charge is 0.247 e. The van der Waals surface area contributed by atoms with Gasteiger partial charge in [-0.2, -0.15) is 5.26 Å². The molecule has 0 saturated carbocycles. The summed E-state index contributed by atoms with van der Waals surface area (Å²) in [5.74, 6) is 0. The molecular formula is C12H16BN2. The van der Waals surface area contributed by atoms with E-state index in [1.165, 1.54) is 16.6 Å². The highest BCUT2D eigenvalue weighted by molar-refractivity contribution is 6.50. The minimum atomic E-state index is 0.567. The number of rotatable bonds is 4. The van der Waals surface area contributed by atoms with Crippen molar-refractivity contribution in [3.8, 4) is 6.07 Å². The quantitative estimate of drug-likeness (QED) is 0.685. The van der Waals surface area contributed by atoms with Crippen LogP contribution >= 0.6 is 0 Å². The predicted molar refractivity (Wildman–Crippen MR) is 64.2 cm³/mol. The molecule has 77 valence electrons. The summed E-state index contributed by atoms with van der Waals surface area (Å²) in [4.78, 5) is 2.05. The Labute approximate surface area is 92.8 Å². The summed E-state index contributed by atoms with van der Waals surface area (Å²) in [6, 6.07) is 8.60. The third-order valence-corrected chi connectivity index (χ3v) is 2.19. The largest absolute Gasteiger partial charge is 0.344 e. The molecule has 1 aromatic rings. The number of hydrogen-bond donors (Lipinski definition) is 0. The fraction of sp³-hybridized carbons (Fsp3) is 0.417. The molecule has 0 atom stereocenters. The van der Waals surface area contributed by atoms with E-state index in [1.807, 2.05) is 7.05 Å². The molecule has 15 heavy (non-hydrogen) atoms. The average Bonchev–Trinajstić information content (AvgIpc) is 2.13. The van der Waals surface area contributed by atoms with Gasteiger partial charge in [0.1, 0.15) is 0 Å². The van der Waals surface area contributed by atoms with E-state index in [0.717, 1.165) is 6.54 Å². The number of benzene rings is 1. The molecule has 1 rings (SSSR count). The van der Waals surface area contributed by atoms with Gasteiger partial charge in [0, 0.05) is 13.0 Å². The van der Waals surface area contributed by atoms with Crippen LogP contribution in [0.3, 0.4) is 0 Å². The van der Waals surface area contributed by atoms with Crippen LogP contribution in [0.15, 0.2) is 18.2 Å². The number of nitriles is 1. The van der Waals surface area contributed by atoms with Gasteiger partial charge in [0.05, 0.1) is 6.07 Å². The molecule has 0 aromatic heterocycles. The minimum absolute atomic E-state index is 0.567. The molecule has 0 amide bonds. The first-order valence-electron chi connectivity index (χ1n) is 5.12. The van der Waals surface area contributed by atoms with Crippen LogP contribution in [-0.4, -0.2) is 25.8 Å². The van der Waals surface area contributed by atoms with Crippen molar-refractivity contribution in [2.45, 2.75) is 20.3 Å². The second kappa shape index (κ2) is 5.58. The maximum Gasteiger partial charge on any atom is 0.247 e.